The van der Waals surface area contributed by atoms with Gasteiger partial charge in [0.2, 0.25) is 0 Å². The summed E-state index contributed by atoms with van der Waals surface area (Å²) in [7, 11) is 3.91. The molecule has 0 aliphatic rings. The minimum absolute atomic E-state index is 0.0844. The van der Waals surface area contributed by atoms with Gasteiger partial charge in [0.25, 0.3) is 0 Å². The van der Waals surface area contributed by atoms with E-state index < -0.39 is 0 Å². The fraction of sp³-hybridized carbons (Fsp3) is 0.533. The zero-order valence-electron chi connectivity index (χ0n) is 12.1. The van der Waals surface area contributed by atoms with E-state index in [9.17, 15) is 4.79 Å². The van der Waals surface area contributed by atoms with E-state index in [0.717, 1.165) is 29.8 Å². The highest BCUT2D eigenvalue weighted by Crippen LogP contribution is 2.14. The lowest BCUT2D eigenvalue weighted by Crippen LogP contribution is -2.39. The molecule has 0 bridgehead atoms. The van der Waals surface area contributed by atoms with Crippen LogP contribution in [-0.2, 0) is 0 Å². The van der Waals surface area contributed by atoms with Gasteiger partial charge in [0, 0.05) is 18.7 Å². The molecular formula is C15H24N2O. The van der Waals surface area contributed by atoms with Crippen molar-refractivity contribution in [3.63, 3.8) is 0 Å². The van der Waals surface area contributed by atoms with Crippen molar-refractivity contribution in [1.82, 2.24) is 10.2 Å². The molecule has 0 saturated carbocycles. The molecule has 1 unspecified atom stereocenters. The van der Waals surface area contributed by atoms with Crippen molar-refractivity contribution in [2.24, 2.45) is 0 Å². The fourth-order valence-corrected chi connectivity index (χ4v) is 1.91. The summed E-state index contributed by atoms with van der Waals surface area (Å²) in [4.78, 5) is 14.5. The Morgan fingerprint density at radius 3 is 2.67 bits per heavy atom. The third-order valence-electron chi connectivity index (χ3n) is 3.41. The Morgan fingerprint density at radius 1 is 1.39 bits per heavy atom. The monoisotopic (exact) mass is 248 g/mol. The van der Waals surface area contributed by atoms with Crippen molar-refractivity contribution < 1.29 is 4.79 Å². The lowest BCUT2D eigenvalue weighted by molar-refractivity contribution is 0.0869. The molecule has 0 heterocycles. The summed E-state index contributed by atoms with van der Waals surface area (Å²) in [5.74, 6) is 0.204. The molecule has 100 valence electrons. The number of ketones is 1. The maximum absolute atomic E-state index is 12.5. The third-order valence-corrected chi connectivity index (χ3v) is 3.41. The molecule has 1 N–H and O–H groups in total. The molecule has 3 heteroatoms. The minimum atomic E-state index is -0.0844. The van der Waals surface area contributed by atoms with E-state index >= 15 is 0 Å². The number of nitrogens with zero attached hydrogens (tertiary/aromatic N) is 1. The Balaban J connectivity index is 2.82. The van der Waals surface area contributed by atoms with E-state index in [0.29, 0.717) is 0 Å². The standard InChI is InChI=1S/C15H24N2O/c1-11-6-7-12(2)14(10-11)15(18)13(3)17(5)9-8-16-4/h6-7,10,13,16H,8-9H2,1-5H3. The van der Waals surface area contributed by atoms with Gasteiger partial charge in [-0.15, -0.1) is 0 Å². The first kappa shape index (κ1) is 14.9. The van der Waals surface area contributed by atoms with Gasteiger partial charge in [-0.2, -0.15) is 0 Å². The van der Waals surface area contributed by atoms with Gasteiger partial charge in [-0.05, 0) is 46.5 Å². The summed E-state index contributed by atoms with van der Waals surface area (Å²) >= 11 is 0. The molecule has 1 atom stereocenters. The van der Waals surface area contributed by atoms with Gasteiger partial charge < -0.3 is 5.32 Å². The zero-order chi connectivity index (χ0) is 13.7. The van der Waals surface area contributed by atoms with Crippen LogP contribution in [0.5, 0.6) is 0 Å². The molecule has 0 radical (unpaired) electrons. The first-order chi connectivity index (χ1) is 8.47. The van der Waals surface area contributed by atoms with Crippen LogP contribution in [0.15, 0.2) is 18.2 Å². The number of Topliss-reactive ketones (excluding diaryl/α,β-unsaturated/α-hetero) is 1. The highest BCUT2D eigenvalue weighted by molar-refractivity contribution is 6.01. The van der Waals surface area contributed by atoms with E-state index in [4.69, 9.17) is 0 Å². The molecule has 0 aliphatic heterocycles. The highest BCUT2D eigenvalue weighted by Gasteiger charge is 2.20. The van der Waals surface area contributed by atoms with Gasteiger partial charge in [0.05, 0.1) is 6.04 Å². The summed E-state index contributed by atoms with van der Waals surface area (Å²) in [5.41, 5.74) is 3.03. The van der Waals surface area contributed by atoms with E-state index in [1.807, 2.05) is 53.1 Å². The topological polar surface area (TPSA) is 32.3 Å². The van der Waals surface area contributed by atoms with Gasteiger partial charge >= 0.3 is 0 Å². The zero-order valence-corrected chi connectivity index (χ0v) is 12.1. The molecule has 0 fully saturated rings. The van der Waals surface area contributed by atoms with Crippen LogP contribution in [0.4, 0.5) is 0 Å². The van der Waals surface area contributed by atoms with Crippen LogP contribution in [0.2, 0.25) is 0 Å². The van der Waals surface area contributed by atoms with E-state index in [1.54, 1.807) is 0 Å². The Morgan fingerprint density at radius 2 is 2.06 bits per heavy atom. The Labute approximate surface area is 110 Å². The van der Waals surface area contributed by atoms with Gasteiger partial charge in [0.15, 0.2) is 5.78 Å². The van der Waals surface area contributed by atoms with Crippen LogP contribution < -0.4 is 5.32 Å². The lowest BCUT2D eigenvalue weighted by Gasteiger charge is -2.24. The van der Waals surface area contributed by atoms with Gasteiger partial charge in [-0.3, -0.25) is 9.69 Å². The van der Waals surface area contributed by atoms with Gasteiger partial charge in [0.1, 0.15) is 0 Å². The quantitative estimate of drug-likeness (QED) is 0.782. The van der Waals surface area contributed by atoms with Crippen molar-refractivity contribution in [3.8, 4) is 0 Å². The Kier molecular flexibility index (Phi) is 5.51. The molecular weight excluding hydrogens is 224 g/mol. The molecule has 0 aromatic heterocycles. The van der Waals surface area contributed by atoms with Crippen LogP contribution in [0.3, 0.4) is 0 Å². The van der Waals surface area contributed by atoms with E-state index in [2.05, 4.69) is 10.2 Å². The predicted molar refractivity (Wildman–Crippen MR) is 76.3 cm³/mol. The number of benzene rings is 1. The normalized spacial score (nSPS) is 12.8. The van der Waals surface area contributed by atoms with Crippen LogP contribution in [0.25, 0.3) is 0 Å². The first-order valence-electron chi connectivity index (χ1n) is 6.43. The molecule has 18 heavy (non-hydrogen) atoms. The maximum atomic E-state index is 12.5. The molecule has 1 aromatic rings. The van der Waals surface area contributed by atoms with Crippen LogP contribution in [-0.4, -0.2) is 43.9 Å². The lowest BCUT2D eigenvalue weighted by atomic mass is 9.98. The summed E-state index contributed by atoms with van der Waals surface area (Å²) < 4.78 is 0. The van der Waals surface area contributed by atoms with Gasteiger partial charge in [-0.25, -0.2) is 0 Å². The number of hydrogen-bond acceptors (Lipinski definition) is 3. The van der Waals surface area contributed by atoms with E-state index in [-0.39, 0.29) is 11.8 Å². The summed E-state index contributed by atoms with van der Waals surface area (Å²) in [6, 6.07) is 5.96. The summed E-state index contributed by atoms with van der Waals surface area (Å²) in [6.45, 7) is 7.74. The van der Waals surface area contributed by atoms with Crippen LogP contribution >= 0.6 is 0 Å². The van der Waals surface area contributed by atoms with Crippen molar-refractivity contribution in [2.45, 2.75) is 26.8 Å². The fourth-order valence-electron chi connectivity index (χ4n) is 1.91. The molecule has 0 amide bonds. The predicted octanol–water partition coefficient (Wildman–Crippen LogP) is 2.03. The number of likely N-dealkylation sites (N-methyl/N-ethyl adjacent to an activating group) is 2. The highest BCUT2D eigenvalue weighted by atomic mass is 16.1. The summed E-state index contributed by atoms with van der Waals surface area (Å²) in [5, 5.41) is 3.10. The Hall–Kier alpha value is -1.19. The number of carbonyl (C=O) groups is 1. The van der Waals surface area contributed by atoms with Crippen molar-refractivity contribution >= 4 is 5.78 Å². The van der Waals surface area contributed by atoms with Crippen molar-refractivity contribution in [2.75, 3.05) is 27.2 Å². The molecule has 1 rings (SSSR count). The molecule has 0 aliphatic carbocycles. The van der Waals surface area contributed by atoms with Crippen LogP contribution in [0, 0.1) is 13.8 Å². The second-order valence-corrected chi connectivity index (χ2v) is 4.94. The SMILES string of the molecule is CNCCN(C)C(C)C(=O)c1cc(C)ccc1C. The minimum Gasteiger partial charge on any atom is -0.318 e. The maximum Gasteiger partial charge on any atom is 0.179 e. The number of hydrogen-bond donors (Lipinski definition) is 1. The second-order valence-electron chi connectivity index (χ2n) is 4.94. The number of carbonyl (C=O) groups excluding carboxylic acids is 1. The van der Waals surface area contributed by atoms with Crippen molar-refractivity contribution in [3.05, 3.63) is 34.9 Å². The number of aryl methyl sites for hydroxylation is 2. The Bertz CT molecular complexity index is 415. The van der Waals surface area contributed by atoms with Gasteiger partial charge in [-0.1, -0.05) is 17.7 Å². The average molecular weight is 248 g/mol. The summed E-state index contributed by atoms with van der Waals surface area (Å²) in [6.07, 6.45) is 0. The smallest absolute Gasteiger partial charge is 0.179 e. The molecule has 0 saturated heterocycles. The number of nitrogens with one attached hydrogen (secondary N) is 1. The molecule has 3 nitrogen and oxygen atoms in total. The average Bonchev–Trinajstić information content (AvgIpc) is 2.37. The first-order valence-corrected chi connectivity index (χ1v) is 6.43. The largest absolute Gasteiger partial charge is 0.318 e. The molecule has 0 spiro atoms. The van der Waals surface area contributed by atoms with Crippen LogP contribution in [0.1, 0.15) is 28.4 Å². The third kappa shape index (κ3) is 3.65. The second kappa shape index (κ2) is 6.66. The molecule has 1 aromatic carbocycles. The van der Waals surface area contributed by atoms with E-state index in [1.165, 1.54) is 0 Å². The number of rotatable bonds is 6. The van der Waals surface area contributed by atoms with Crippen molar-refractivity contribution in [1.29, 1.82) is 0 Å².